The van der Waals surface area contributed by atoms with Gasteiger partial charge in [0.25, 0.3) is 5.91 Å². The molecule has 1 aliphatic rings. The molecular weight excluding hydrogens is 326 g/mol. The van der Waals surface area contributed by atoms with Crippen molar-refractivity contribution in [1.29, 1.82) is 0 Å². The lowest BCUT2D eigenvalue weighted by Crippen LogP contribution is -2.31. The number of ether oxygens (including phenoxy) is 1. The van der Waals surface area contributed by atoms with E-state index in [2.05, 4.69) is 11.4 Å². The van der Waals surface area contributed by atoms with Crippen LogP contribution in [0.15, 0.2) is 48.5 Å². The third kappa shape index (κ3) is 3.95. The zero-order chi connectivity index (χ0) is 16.9. The Morgan fingerprint density at radius 2 is 1.88 bits per heavy atom. The predicted molar refractivity (Wildman–Crippen MR) is 91.8 cm³/mol. The molecule has 24 heavy (non-hydrogen) atoms. The summed E-state index contributed by atoms with van der Waals surface area (Å²) in [5.41, 5.74) is 3.10. The number of carbonyl (C=O) groups excluding carboxylic acids is 2. The monoisotopic (exact) mass is 343 g/mol. The minimum Gasteiger partial charge on any atom is -0.455 e. The van der Waals surface area contributed by atoms with Crippen LogP contribution in [0.25, 0.3) is 0 Å². The third-order valence-corrected chi connectivity index (χ3v) is 4.49. The average molecular weight is 344 g/mol. The van der Waals surface area contributed by atoms with Crippen LogP contribution in [0.4, 0.5) is 0 Å². The van der Waals surface area contributed by atoms with Gasteiger partial charge in [-0.15, -0.1) is 0 Å². The van der Waals surface area contributed by atoms with Gasteiger partial charge in [-0.3, -0.25) is 9.59 Å². The lowest BCUT2D eigenvalue weighted by atomic mass is 10.1. The summed E-state index contributed by atoms with van der Waals surface area (Å²) in [7, 11) is 0. The van der Waals surface area contributed by atoms with Gasteiger partial charge in [0, 0.05) is 5.02 Å². The highest BCUT2D eigenvalue weighted by atomic mass is 35.5. The summed E-state index contributed by atoms with van der Waals surface area (Å²) in [6.45, 7) is -0.276. The normalized spacial score (nSPS) is 15.6. The number of nitrogens with one attached hydrogen (secondary N) is 1. The number of hydrogen-bond acceptors (Lipinski definition) is 3. The van der Waals surface area contributed by atoms with Crippen LogP contribution in [-0.2, 0) is 27.2 Å². The maximum Gasteiger partial charge on any atom is 0.310 e. The lowest BCUT2D eigenvalue weighted by Gasteiger charge is -2.14. The van der Waals surface area contributed by atoms with Crippen LogP contribution in [0.2, 0.25) is 5.02 Å². The second-order valence-electron chi connectivity index (χ2n) is 5.79. The van der Waals surface area contributed by atoms with Crippen molar-refractivity contribution in [2.45, 2.75) is 25.3 Å². The predicted octanol–water partition coefficient (Wildman–Crippen LogP) is 3.23. The second-order valence-corrected chi connectivity index (χ2v) is 6.19. The number of aryl methyl sites for hydroxylation is 1. The quantitative estimate of drug-likeness (QED) is 0.848. The number of halogens is 1. The van der Waals surface area contributed by atoms with Crippen molar-refractivity contribution in [2.75, 3.05) is 6.61 Å². The van der Waals surface area contributed by atoms with Gasteiger partial charge in [0.05, 0.1) is 12.5 Å². The molecule has 1 atom stereocenters. The van der Waals surface area contributed by atoms with Crippen molar-refractivity contribution in [3.8, 4) is 0 Å². The zero-order valence-electron chi connectivity index (χ0n) is 13.1. The number of rotatable bonds is 5. The molecule has 0 bridgehead atoms. The van der Waals surface area contributed by atoms with Crippen molar-refractivity contribution in [1.82, 2.24) is 5.32 Å². The molecule has 0 saturated carbocycles. The van der Waals surface area contributed by atoms with E-state index < -0.39 is 5.97 Å². The molecule has 1 N–H and O–H groups in total. The van der Waals surface area contributed by atoms with Gasteiger partial charge < -0.3 is 10.1 Å². The van der Waals surface area contributed by atoms with Gasteiger partial charge in [-0.25, -0.2) is 0 Å². The molecule has 0 spiro atoms. The summed E-state index contributed by atoms with van der Waals surface area (Å²) in [4.78, 5) is 23.9. The first-order chi connectivity index (χ1) is 11.6. The van der Waals surface area contributed by atoms with E-state index in [-0.39, 0.29) is 25.0 Å². The first-order valence-electron chi connectivity index (χ1n) is 7.89. The Bertz CT molecular complexity index is 760. The van der Waals surface area contributed by atoms with Gasteiger partial charge in [0.2, 0.25) is 0 Å². The minimum absolute atomic E-state index is 0.00373. The van der Waals surface area contributed by atoms with Crippen molar-refractivity contribution < 1.29 is 14.3 Å². The van der Waals surface area contributed by atoms with Crippen LogP contribution < -0.4 is 5.32 Å². The molecule has 2 aromatic carbocycles. The summed E-state index contributed by atoms with van der Waals surface area (Å²) in [6.07, 6.45) is 1.88. The molecule has 0 aromatic heterocycles. The Hall–Kier alpha value is -2.33. The van der Waals surface area contributed by atoms with Crippen LogP contribution in [0, 0.1) is 0 Å². The van der Waals surface area contributed by atoms with Crippen LogP contribution in [0.3, 0.4) is 0 Å². The number of amides is 1. The summed E-state index contributed by atoms with van der Waals surface area (Å²) < 4.78 is 5.05. The number of esters is 1. The van der Waals surface area contributed by atoms with E-state index >= 15 is 0 Å². The number of carbonyl (C=O) groups is 2. The Balaban J connectivity index is 1.48. The Kier molecular flexibility index (Phi) is 5.16. The van der Waals surface area contributed by atoms with Crippen molar-refractivity contribution in [3.05, 3.63) is 70.2 Å². The van der Waals surface area contributed by atoms with E-state index in [1.54, 1.807) is 24.3 Å². The van der Waals surface area contributed by atoms with Gasteiger partial charge in [0.1, 0.15) is 0 Å². The first kappa shape index (κ1) is 16.5. The van der Waals surface area contributed by atoms with Gasteiger partial charge in [-0.1, -0.05) is 54.1 Å². The molecule has 0 radical (unpaired) electrons. The fourth-order valence-electron chi connectivity index (χ4n) is 2.94. The maximum absolute atomic E-state index is 12.0. The van der Waals surface area contributed by atoms with Crippen LogP contribution in [-0.4, -0.2) is 18.5 Å². The number of hydrogen-bond donors (Lipinski definition) is 1. The fraction of sp³-hybridized carbons (Fsp3) is 0.263. The fourth-order valence-corrected chi connectivity index (χ4v) is 3.14. The highest BCUT2D eigenvalue weighted by Crippen LogP contribution is 2.30. The van der Waals surface area contributed by atoms with Crippen molar-refractivity contribution in [3.63, 3.8) is 0 Å². The molecule has 2 aromatic rings. The van der Waals surface area contributed by atoms with Crippen LogP contribution in [0.1, 0.15) is 29.2 Å². The molecule has 4 nitrogen and oxygen atoms in total. The molecule has 0 heterocycles. The highest BCUT2D eigenvalue weighted by Gasteiger charge is 2.23. The number of benzene rings is 2. The Morgan fingerprint density at radius 3 is 2.71 bits per heavy atom. The molecule has 124 valence electrons. The second kappa shape index (κ2) is 7.49. The zero-order valence-corrected chi connectivity index (χ0v) is 13.9. The third-order valence-electron chi connectivity index (χ3n) is 4.12. The molecule has 3 rings (SSSR count). The molecule has 0 fully saturated rings. The minimum atomic E-state index is -0.468. The van der Waals surface area contributed by atoms with E-state index in [4.69, 9.17) is 16.3 Å². The Morgan fingerprint density at radius 1 is 1.12 bits per heavy atom. The van der Waals surface area contributed by atoms with E-state index in [0.717, 1.165) is 18.4 Å². The molecule has 1 amide bonds. The molecule has 0 aliphatic heterocycles. The van der Waals surface area contributed by atoms with E-state index in [1.165, 1.54) is 5.56 Å². The maximum atomic E-state index is 12.0. The van der Waals surface area contributed by atoms with Crippen LogP contribution in [0.5, 0.6) is 0 Å². The SMILES string of the molecule is O=C(COC(=O)Cc1ccccc1Cl)N[C@H]1CCc2ccccc21. The molecule has 0 saturated heterocycles. The lowest BCUT2D eigenvalue weighted by molar-refractivity contribution is -0.148. The first-order valence-corrected chi connectivity index (χ1v) is 8.27. The standard InChI is InChI=1S/C19H18ClNO3/c20-16-8-4-2-6-14(16)11-19(23)24-12-18(22)21-17-10-9-13-5-1-3-7-15(13)17/h1-8,17H,9-12H2,(H,21,22)/t17-/m0/s1. The Labute approximate surface area is 145 Å². The molecule has 5 heteroatoms. The largest absolute Gasteiger partial charge is 0.455 e. The number of fused-ring (bicyclic) bond motifs is 1. The summed E-state index contributed by atoms with van der Waals surface area (Å²) in [5, 5.41) is 3.44. The van der Waals surface area contributed by atoms with Crippen LogP contribution >= 0.6 is 11.6 Å². The smallest absolute Gasteiger partial charge is 0.310 e. The summed E-state index contributed by atoms with van der Waals surface area (Å²) in [5.74, 6) is -0.755. The highest BCUT2D eigenvalue weighted by molar-refractivity contribution is 6.31. The summed E-state index contributed by atoms with van der Waals surface area (Å²) >= 11 is 6.01. The molecular formula is C19H18ClNO3. The average Bonchev–Trinajstić information content (AvgIpc) is 2.98. The molecule has 1 aliphatic carbocycles. The molecule has 0 unspecified atom stereocenters. The van der Waals surface area contributed by atoms with Crippen molar-refractivity contribution in [2.24, 2.45) is 0 Å². The van der Waals surface area contributed by atoms with E-state index in [0.29, 0.717) is 10.6 Å². The van der Waals surface area contributed by atoms with Gasteiger partial charge in [-0.2, -0.15) is 0 Å². The topological polar surface area (TPSA) is 55.4 Å². The van der Waals surface area contributed by atoms with E-state index in [9.17, 15) is 9.59 Å². The van der Waals surface area contributed by atoms with E-state index in [1.807, 2.05) is 18.2 Å². The van der Waals surface area contributed by atoms with Gasteiger partial charge >= 0.3 is 5.97 Å². The summed E-state index contributed by atoms with van der Waals surface area (Å²) in [6, 6.07) is 15.1. The van der Waals surface area contributed by atoms with Gasteiger partial charge in [-0.05, 0) is 35.6 Å². The van der Waals surface area contributed by atoms with Gasteiger partial charge in [0.15, 0.2) is 6.61 Å². The van der Waals surface area contributed by atoms with Crippen molar-refractivity contribution >= 4 is 23.5 Å².